The molecule has 1 atom stereocenters. The Bertz CT molecular complexity index is 896. The molecule has 30 heavy (non-hydrogen) atoms. The van der Waals surface area contributed by atoms with Gasteiger partial charge in [-0.05, 0) is 43.5 Å². The first-order valence-corrected chi connectivity index (χ1v) is 10.9. The highest BCUT2D eigenvalue weighted by molar-refractivity contribution is 6.36. The molecule has 0 aromatic heterocycles. The quantitative estimate of drug-likeness (QED) is 0.633. The van der Waals surface area contributed by atoms with Gasteiger partial charge in [-0.3, -0.25) is 9.59 Å². The van der Waals surface area contributed by atoms with Crippen LogP contribution in [0, 0.1) is 5.82 Å². The number of nitrogens with zero attached hydrogens (tertiary/aromatic N) is 1. The van der Waals surface area contributed by atoms with Crippen molar-refractivity contribution >= 4 is 35.0 Å². The van der Waals surface area contributed by atoms with Crippen LogP contribution in [0.4, 0.5) is 4.39 Å². The van der Waals surface area contributed by atoms with E-state index in [4.69, 9.17) is 23.2 Å². The number of rotatable bonds is 7. The fourth-order valence-electron chi connectivity index (χ4n) is 3.74. The molecule has 1 unspecified atom stereocenters. The molecule has 160 valence electrons. The third kappa shape index (κ3) is 5.52. The fraction of sp³-hybridized carbons (Fsp3) is 0.391. The van der Waals surface area contributed by atoms with Crippen LogP contribution < -0.4 is 5.32 Å². The van der Waals surface area contributed by atoms with Crippen molar-refractivity contribution in [2.24, 2.45) is 0 Å². The Balaban J connectivity index is 1.83. The van der Waals surface area contributed by atoms with E-state index < -0.39 is 11.9 Å². The van der Waals surface area contributed by atoms with Crippen LogP contribution in [0.2, 0.25) is 10.0 Å². The molecule has 2 aromatic carbocycles. The summed E-state index contributed by atoms with van der Waals surface area (Å²) in [4.78, 5) is 27.5. The average Bonchev–Trinajstić information content (AvgIpc) is 3.22. The molecule has 7 heteroatoms. The maximum Gasteiger partial charge on any atom is 0.242 e. The van der Waals surface area contributed by atoms with Crippen molar-refractivity contribution in [3.63, 3.8) is 0 Å². The lowest BCUT2D eigenvalue weighted by molar-refractivity contribution is -0.140. The summed E-state index contributed by atoms with van der Waals surface area (Å²) in [5, 5.41) is 3.78. The molecule has 0 heterocycles. The number of carbonyl (C=O) groups is 2. The zero-order valence-corrected chi connectivity index (χ0v) is 18.3. The molecule has 0 aliphatic heterocycles. The second kappa shape index (κ2) is 10.3. The second-order valence-corrected chi connectivity index (χ2v) is 8.47. The third-order valence-corrected chi connectivity index (χ3v) is 6.27. The average molecular weight is 451 g/mol. The molecule has 0 spiro atoms. The molecule has 3 rings (SSSR count). The van der Waals surface area contributed by atoms with Crippen molar-refractivity contribution in [3.05, 3.63) is 69.5 Å². The Morgan fingerprint density at radius 2 is 1.73 bits per heavy atom. The summed E-state index contributed by atoms with van der Waals surface area (Å²) in [6, 6.07) is 10.6. The van der Waals surface area contributed by atoms with Crippen molar-refractivity contribution in [2.75, 3.05) is 0 Å². The predicted molar refractivity (Wildman–Crippen MR) is 117 cm³/mol. The molecule has 4 nitrogen and oxygen atoms in total. The van der Waals surface area contributed by atoms with Crippen molar-refractivity contribution in [2.45, 2.75) is 57.7 Å². The standard InChI is InChI=1S/C23H25Cl2FN2O2/c1-15(23(30)27-17-8-3-4-9-17)28(14-16-7-2-5-12-21(16)26)22(29)13-18-19(24)10-6-11-20(18)25/h2,5-7,10-12,15,17H,3-4,8-9,13-14H2,1H3,(H,27,30). The molecule has 0 bridgehead atoms. The van der Waals surface area contributed by atoms with Gasteiger partial charge in [-0.25, -0.2) is 4.39 Å². The largest absolute Gasteiger partial charge is 0.352 e. The molecule has 2 aromatic rings. The molecular weight excluding hydrogens is 426 g/mol. The van der Waals surface area contributed by atoms with Gasteiger partial charge in [-0.1, -0.05) is 60.3 Å². The molecule has 1 N–H and O–H groups in total. The third-order valence-electron chi connectivity index (χ3n) is 5.56. The SMILES string of the molecule is CC(C(=O)NC1CCCC1)N(Cc1ccccc1F)C(=O)Cc1c(Cl)cccc1Cl. The van der Waals surface area contributed by atoms with E-state index in [1.54, 1.807) is 43.3 Å². The summed E-state index contributed by atoms with van der Waals surface area (Å²) in [7, 11) is 0. The van der Waals surface area contributed by atoms with Crippen LogP contribution in [-0.4, -0.2) is 28.8 Å². The smallest absolute Gasteiger partial charge is 0.242 e. The zero-order valence-electron chi connectivity index (χ0n) is 16.8. The number of nitrogens with one attached hydrogen (secondary N) is 1. The van der Waals surface area contributed by atoms with Gasteiger partial charge < -0.3 is 10.2 Å². The lowest BCUT2D eigenvalue weighted by Gasteiger charge is -2.30. The summed E-state index contributed by atoms with van der Waals surface area (Å²) in [5.41, 5.74) is 0.837. The van der Waals surface area contributed by atoms with E-state index in [1.165, 1.54) is 11.0 Å². The maximum atomic E-state index is 14.3. The van der Waals surface area contributed by atoms with E-state index in [0.717, 1.165) is 25.7 Å². The number of halogens is 3. The fourth-order valence-corrected chi connectivity index (χ4v) is 4.27. The van der Waals surface area contributed by atoms with Gasteiger partial charge >= 0.3 is 0 Å². The molecule has 1 fully saturated rings. The Hall–Kier alpha value is -2.11. The lowest BCUT2D eigenvalue weighted by Crippen LogP contribution is -2.50. The van der Waals surface area contributed by atoms with E-state index in [1.807, 2.05) is 0 Å². The molecule has 1 saturated carbocycles. The van der Waals surface area contributed by atoms with Gasteiger partial charge in [-0.2, -0.15) is 0 Å². The second-order valence-electron chi connectivity index (χ2n) is 7.66. The van der Waals surface area contributed by atoms with Gasteiger partial charge in [0.15, 0.2) is 0 Å². The van der Waals surface area contributed by atoms with Gasteiger partial charge in [0.25, 0.3) is 0 Å². The van der Waals surface area contributed by atoms with Crippen LogP contribution in [0.1, 0.15) is 43.7 Å². The highest BCUT2D eigenvalue weighted by atomic mass is 35.5. The zero-order chi connectivity index (χ0) is 21.7. The lowest BCUT2D eigenvalue weighted by atomic mass is 10.1. The Kier molecular flexibility index (Phi) is 7.73. The molecule has 1 aliphatic rings. The van der Waals surface area contributed by atoms with Gasteiger partial charge in [0, 0.05) is 28.2 Å². The Morgan fingerprint density at radius 1 is 1.10 bits per heavy atom. The number of hydrogen-bond donors (Lipinski definition) is 1. The van der Waals surface area contributed by atoms with Gasteiger partial charge in [0.1, 0.15) is 11.9 Å². The van der Waals surface area contributed by atoms with Crippen molar-refractivity contribution in [1.82, 2.24) is 10.2 Å². The molecule has 0 radical (unpaired) electrons. The van der Waals surface area contributed by atoms with Crippen molar-refractivity contribution < 1.29 is 14.0 Å². The van der Waals surface area contributed by atoms with E-state index in [2.05, 4.69) is 5.32 Å². The summed E-state index contributed by atoms with van der Waals surface area (Å²) >= 11 is 12.4. The molecular formula is C23H25Cl2FN2O2. The van der Waals surface area contributed by atoms with Gasteiger partial charge in [0.2, 0.25) is 11.8 Å². The minimum atomic E-state index is -0.765. The van der Waals surface area contributed by atoms with Crippen LogP contribution in [0.3, 0.4) is 0 Å². The first-order chi connectivity index (χ1) is 14.4. The van der Waals surface area contributed by atoms with Gasteiger partial charge in [0.05, 0.1) is 6.42 Å². The minimum Gasteiger partial charge on any atom is -0.352 e. The molecule has 0 saturated heterocycles. The highest BCUT2D eigenvalue weighted by Crippen LogP contribution is 2.26. The van der Waals surface area contributed by atoms with E-state index in [-0.39, 0.29) is 30.8 Å². The summed E-state index contributed by atoms with van der Waals surface area (Å²) in [5.74, 6) is -1.01. The van der Waals surface area contributed by atoms with Crippen molar-refractivity contribution in [1.29, 1.82) is 0 Å². The summed E-state index contributed by atoms with van der Waals surface area (Å²) in [6.45, 7) is 1.64. The Morgan fingerprint density at radius 3 is 2.37 bits per heavy atom. The van der Waals surface area contributed by atoms with E-state index in [9.17, 15) is 14.0 Å². The van der Waals surface area contributed by atoms with E-state index in [0.29, 0.717) is 21.2 Å². The number of benzene rings is 2. The van der Waals surface area contributed by atoms with Crippen LogP contribution in [0.25, 0.3) is 0 Å². The normalized spacial score (nSPS) is 15.1. The first-order valence-electron chi connectivity index (χ1n) is 10.1. The maximum absolute atomic E-state index is 14.3. The molecule has 2 amide bonds. The van der Waals surface area contributed by atoms with Crippen molar-refractivity contribution in [3.8, 4) is 0 Å². The highest BCUT2D eigenvalue weighted by Gasteiger charge is 2.29. The topological polar surface area (TPSA) is 49.4 Å². The first kappa shape index (κ1) is 22.6. The van der Waals surface area contributed by atoms with Crippen LogP contribution in [0.15, 0.2) is 42.5 Å². The van der Waals surface area contributed by atoms with Gasteiger partial charge in [-0.15, -0.1) is 0 Å². The molecule has 1 aliphatic carbocycles. The monoisotopic (exact) mass is 450 g/mol. The van der Waals surface area contributed by atoms with Crippen LogP contribution >= 0.6 is 23.2 Å². The Labute approximate surface area is 186 Å². The number of amides is 2. The van der Waals surface area contributed by atoms with Crippen LogP contribution in [-0.2, 0) is 22.6 Å². The van der Waals surface area contributed by atoms with E-state index >= 15 is 0 Å². The van der Waals surface area contributed by atoms with Crippen LogP contribution in [0.5, 0.6) is 0 Å². The predicted octanol–water partition coefficient (Wildman–Crippen LogP) is 5.15. The summed E-state index contributed by atoms with van der Waals surface area (Å²) in [6.07, 6.45) is 3.97. The number of carbonyl (C=O) groups excluding carboxylic acids is 2. The minimum absolute atomic E-state index is 0.0210. The summed E-state index contributed by atoms with van der Waals surface area (Å²) < 4.78 is 14.3. The number of hydrogen-bond acceptors (Lipinski definition) is 2.